The summed E-state index contributed by atoms with van der Waals surface area (Å²) in [6.07, 6.45) is 2.13. The minimum Gasteiger partial charge on any atom is -0.196 e. The van der Waals surface area contributed by atoms with Crippen LogP contribution in [0.4, 0.5) is 0 Å². The highest BCUT2D eigenvalue weighted by Gasteiger charge is 2.09. The van der Waals surface area contributed by atoms with Crippen LogP contribution in [0.15, 0.2) is 42.6 Å². The quantitative estimate of drug-likeness (QED) is 0.582. The Morgan fingerprint density at radius 3 is 2.46 bits per heavy atom. The lowest BCUT2D eigenvalue weighted by Gasteiger charge is -2.03. The van der Waals surface area contributed by atoms with E-state index in [2.05, 4.69) is 61.0 Å². The molecule has 1 aromatic heterocycles. The molecule has 0 aliphatic rings. The van der Waals surface area contributed by atoms with Gasteiger partial charge in [-0.05, 0) is 26.0 Å². The third-order valence-corrected chi connectivity index (χ3v) is 2.29. The van der Waals surface area contributed by atoms with Crippen molar-refractivity contribution in [1.82, 2.24) is 0 Å². The molecule has 1 nitrogen and oxygen atoms in total. The number of nitrogens with zero attached hydrogens (tertiary/aromatic N) is 1. The van der Waals surface area contributed by atoms with Crippen LogP contribution in [0.25, 0.3) is 10.9 Å². The second-order valence-electron chi connectivity index (χ2n) is 3.57. The summed E-state index contributed by atoms with van der Waals surface area (Å²) in [5, 5.41) is 1.30. The predicted molar refractivity (Wildman–Crippen MR) is 54.5 cm³/mol. The Hall–Kier alpha value is -1.37. The van der Waals surface area contributed by atoms with Crippen LogP contribution in [0.1, 0.15) is 19.9 Å². The van der Waals surface area contributed by atoms with Crippen LogP contribution >= 0.6 is 0 Å². The first-order valence-corrected chi connectivity index (χ1v) is 4.68. The summed E-state index contributed by atoms with van der Waals surface area (Å²) in [6.45, 7) is 4.40. The first-order chi connectivity index (χ1) is 6.29. The van der Waals surface area contributed by atoms with Gasteiger partial charge in [-0.3, -0.25) is 0 Å². The summed E-state index contributed by atoms with van der Waals surface area (Å²) < 4.78 is 2.29. The molecule has 0 spiro atoms. The van der Waals surface area contributed by atoms with Gasteiger partial charge >= 0.3 is 0 Å². The molecule has 0 aliphatic heterocycles. The zero-order valence-corrected chi connectivity index (χ0v) is 8.07. The molecule has 0 radical (unpaired) electrons. The highest BCUT2D eigenvalue weighted by atomic mass is 15.0. The van der Waals surface area contributed by atoms with Crippen molar-refractivity contribution >= 4 is 10.9 Å². The minimum absolute atomic E-state index is 0.520. The normalized spacial score (nSPS) is 11.0. The molecule has 1 heterocycles. The summed E-state index contributed by atoms with van der Waals surface area (Å²) >= 11 is 0. The maximum atomic E-state index is 2.29. The second kappa shape index (κ2) is 3.17. The molecule has 0 bridgehead atoms. The van der Waals surface area contributed by atoms with Crippen molar-refractivity contribution in [3.8, 4) is 0 Å². The molecular formula is C12H14N+. The first kappa shape index (κ1) is 8.24. The van der Waals surface area contributed by atoms with Crippen molar-refractivity contribution in [3.05, 3.63) is 42.6 Å². The molecule has 13 heavy (non-hydrogen) atoms. The van der Waals surface area contributed by atoms with Gasteiger partial charge in [0, 0.05) is 17.5 Å². The average molecular weight is 172 g/mol. The molecule has 0 amide bonds. The zero-order valence-electron chi connectivity index (χ0n) is 8.07. The molecule has 2 rings (SSSR count). The Bertz CT molecular complexity index is 413. The smallest absolute Gasteiger partial charge is 0.196 e. The van der Waals surface area contributed by atoms with Crippen molar-refractivity contribution in [1.29, 1.82) is 0 Å². The van der Waals surface area contributed by atoms with Gasteiger partial charge in [-0.15, -0.1) is 0 Å². The average Bonchev–Trinajstić information content (AvgIpc) is 2.17. The lowest BCUT2D eigenvalue weighted by Crippen LogP contribution is -2.36. The van der Waals surface area contributed by atoms with E-state index in [0.29, 0.717) is 6.04 Å². The number of hydrogen-bond acceptors (Lipinski definition) is 0. The summed E-state index contributed by atoms with van der Waals surface area (Å²) in [5.41, 5.74) is 1.31. The SMILES string of the molecule is CC(C)[n+]1cccc2ccccc21. The van der Waals surface area contributed by atoms with E-state index in [1.807, 2.05) is 0 Å². The second-order valence-corrected chi connectivity index (χ2v) is 3.57. The van der Waals surface area contributed by atoms with Crippen LogP contribution < -0.4 is 4.57 Å². The third kappa shape index (κ3) is 1.42. The van der Waals surface area contributed by atoms with Crippen molar-refractivity contribution in [3.63, 3.8) is 0 Å². The van der Waals surface area contributed by atoms with Gasteiger partial charge < -0.3 is 0 Å². The topological polar surface area (TPSA) is 3.88 Å². The molecule has 0 unspecified atom stereocenters. The Morgan fingerprint density at radius 2 is 1.69 bits per heavy atom. The van der Waals surface area contributed by atoms with Crippen LogP contribution in [-0.4, -0.2) is 0 Å². The van der Waals surface area contributed by atoms with Crippen LogP contribution in [0.3, 0.4) is 0 Å². The van der Waals surface area contributed by atoms with Gasteiger partial charge in [-0.2, -0.15) is 4.57 Å². The number of fused-ring (bicyclic) bond motifs is 1. The van der Waals surface area contributed by atoms with Gasteiger partial charge in [-0.25, -0.2) is 0 Å². The van der Waals surface area contributed by atoms with E-state index >= 15 is 0 Å². The molecule has 0 aliphatic carbocycles. The largest absolute Gasteiger partial charge is 0.212 e. The number of pyridine rings is 1. The van der Waals surface area contributed by atoms with Gasteiger partial charge in [0.1, 0.15) is 0 Å². The van der Waals surface area contributed by atoms with E-state index in [1.54, 1.807) is 0 Å². The Labute approximate surface area is 78.6 Å². The highest BCUT2D eigenvalue weighted by Crippen LogP contribution is 2.09. The molecule has 1 heteroatoms. The van der Waals surface area contributed by atoms with Gasteiger partial charge in [0.25, 0.3) is 0 Å². The third-order valence-electron chi connectivity index (χ3n) is 2.29. The monoisotopic (exact) mass is 172 g/mol. The fraction of sp³-hybridized carbons (Fsp3) is 0.250. The summed E-state index contributed by atoms with van der Waals surface area (Å²) in [7, 11) is 0. The Kier molecular flexibility index (Phi) is 2.01. The van der Waals surface area contributed by atoms with E-state index < -0.39 is 0 Å². The molecular weight excluding hydrogens is 158 g/mol. The summed E-state index contributed by atoms with van der Waals surface area (Å²) in [5.74, 6) is 0. The van der Waals surface area contributed by atoms with Gasteiger partial charge in [0.15, 0.2) is 12.2 Å². The Balaban J connectivity index is 2.76. The van der Waals surface area contributed by atoms with Crippen molar-refractivity contribution in [2.24, 2.45) is 0 Å². The number of rotatable bonds is 1. The van der Waals surface area contributed by atoms with E-state index in [0.717, 1.165) is 0 Å². The fourth-order valence-corrected chi connectivity index (χ4v) is 1.63. The lowest BCUT2D eigenvalue weighted by molar-refractivity contribution is -0.691. The lowest BCUT2D eigenvalue weighted by atomic mass is 10.2. The summed E-state index contributed by atoms with van der Waals surface area (Å²) in [6, 6.07) is 13.2. The molecule has 1 aromatic carbocycles. The Morgan fingerprint density at radius 1 is 1.00 bits per heavy atom. The maximum Gasteiger partial charge on any atom is 0.212 e. The van der Waals surface area contributed by atoms with Crippen LogP contribution in [0.2, 0.25) is 0 Å². The fourth-order valence-electron chi connectivity index (χ4n) is 1.63. The van der Waals surface area contributed by atoms with E-state index in [-0.39, 0.29) is 0 Å². The molecule has 2 aromatic rings. The standard InChI is InChI=1S/C12H14N/c1-10(2)13-9-5-7-11-6-3-4-8-12(11)13/h3-10H,1-2H3/q+1. The van der Waals surface area contributed by atoms with Gasteiger partial charge in [0.2, 0.25) is 5.52 Å². The minimum atomic E-state index is 0.520. The van der Waals surface area contributed by atoms with E-state index in [1.165, 1.54) is 10.9 Å². The van der Waals surface area contributed by atoms with Gasteiger partial charge in [0.05, 0.1) is 0 Å². The number of hydrogen-bond donors (Lipinski definition) is 0. The van der Waals surface area contributed by atoms with E-state index in [4.69, 9.17) is 0 Å². The van der Waals surface area contributed by atoms with Gasteiger partial charge in [-0.1, -0.05) is 12.1 Å². The van der Waals surface area contributed by atoms with Crippen molar-refractivity contribution in [2.45, 2.75) is 19.9 Å². The highest BCUT2D eigenvalue weighted by molar-refractivity contribution is 5.74. The zero-order chi connectivity index (χ0) is 9.26. The summed E-state index contributed by atoms with van der Waals surface area (Å²) in [4.78, 5) is 0. The van der Waals surface area contributed by atoms with Crippen LogP contribution in [-0.2, 0) is 0 Å². The van der Waals surface area contributed by atoms with E-state index in [9.17, 15) is 0 Å². The molecule has 0 saturated carbocycles. The maximum absolute atomic E-state index is 2.29. The molecule has 0 fully saturated rings. The number of aromatic nitrogens is 1. The van der Waals surface area contributed by atoms with Crippen LogP contribution in [0.5, 0.6) is 0 Å². The van der Waals surface area contributed by atoms with Crippen molar-refractivity contribution in [2.75, 3.05) is 0 Å². The molecule has 0 N–H and O–H groups in total. The number of para-hydroxylation sites is 1. The van der Waals surface area contributed by atoms with Crippen molar-refractivity contribution < 1.29 is 4.57 Å². The molecule has 66 valence electrons. The molecule has 0 saturated heterocycles. The van der Waals surface area contributed by atoms with Crippen LogP contribution in [0, 0.1) is 0 Å². The predicted octanol–water partition coefficient (Wildman–Crippen LogP) is 2.71. The number of benzene rings is 1. The first-order valence-electron chi connectivity index (χ1n) is 4.68. The molecule has 0 atom stereocenters.